The van der Waals surface area contributed by atoms with Gasteiger partial charge >= 0.3 is 5.97 Å². The molecule has 0 saturated heterocycles. The van der Waals surface area contributed by atoms with Crippen LogP contribution in [0.25, 0.3) is 0 Å². The van der Waals surface area contributed by atoms with Gasteiger partial charge < -0.3 is 15.7 Å². The van der Waals surface area contributed by atoms with Crippen molar-refractivity contribution in [2.75, 3.05) is 7.05 Å². The minimum Gasteiger partial charge on any atom is -0.480 e. The number of amides is 1. The normalized spacial score (nSPS) is 13.7. The third kappa shape index (κ3) is 5.95. The van der Waals surface area contributed by atoms with Gasteiger partial charge in [-0.25, -0.2) is 4.79 Å². The number of aliphatic carboxylic acids is 1. The van der Waals surface area contributed by atoms with Crippen LogP contribution in [0.2, 0.25) is 0 Å². The van der Waals surface area contributed by atoms with Crippen molar-refractivity contribution >= 4 is 11.9 Å². The number of carboxylic acids is 1. The molecule has 1 amide bonds. The largest absolute Gasteiger partial charge is 0.480 e. The van der Waals surface area contributed by atoms with Gasteiger partial charge in [0, 0.05) is 6.42 Å². The van der Waals surface area contributed by atoms with Gasteiger partial charge in [0.25, 0.3) is 0 Å². The molecule has 116 valence electrons. The van der Waals surface area contributed by atoms with Crippen molar-refractivity contribution in [2.24, 2.45) is 5.92 Å². The van der Waals surface area contributed by atoms with E-state index in [4.69, 9.17) is 0 Å². The second-order valence-electron chi connectivity index (χ2n) is 5.56. The molecule has 5 heteroatoms. The highest BCUT2D eigenvalue weighted by Crippen LogP contribution is 2.07. The highest BCUT2D eigenvalue weighted by Gasteiger charge is 2.25. The fourth-order valence-corrected chi connectivity index (χ4v) is 2.15. The molecule has 0 saturated carbocycles. The maximum absolute atomic E-state index is 12.2. The van der Waals surface area contributed by atoms with Gasteiger partial charge in [0.05, 0.1) is 6.04 Å². The molecule has 0 heterocycles. The Bertz CT molecular complexity index is 460. The van der Waals surface area contributed by atoms with Gasteiger partial charge in [0.15, 0.2) is 0 Å². The maximum Gasteiger partial charge on any atom is 0.326 e. The zero-order valence-electron chi connectivity index (χ0n) is 12.8. The summed E-state index contributed by atoms with van der Waals surface area (Å²) in [7, 11) is 1.71. The Labute approximate surface area is 125 Å². The van der Waals surface area contributed by atoms with Crippen LogP contribution in [-0.4, -0.2) is 36.1 Å². The minimum atomic E-state index is -1.02. The first-order valence-corrected chi connectivity index (χ1v) is 7.18. The van der Waals surface area contributed by atoms with E-state index >= 15 is 0 Å². The summed E-state index contributed by atoms with van der Waals surface area (Å²) >= 11 is 0. The van der Waals surface area contributed by atoms with Crippen molar-refractivity contribution in [3.63, 3.8) is 0 Å². The van der Waals surface area contributed by atoms with E-state index in [1.54, 1.807) is 7.05 Å². The van der Waals surface area contributed by atoms with Crippen LogP contribution in [0.4, 0.5) is 0 Å². The Balaban J connectivity index is 2.69. The summed E-state index contributed by atoms with van der Waals surface area (Å²) in [5, 5.41) is 14.8. The zero-order chi connectivity index (χ0) is 15.8. The number of hydrogen-bond donors (Lipinski definition) is 3. The molecule has 0 aromatic heterocycles. The summed E-state index contributed by atoms with van der Waals surface area (Å²) in [6, 6.07) is 8.00. The third-order valence-corrected chi connectivity index (χ3v) is 3.27. The molecule has 5 nitrogen and oxygen atoms in total. The lowest BCUT2D eigenvalue weighted by atomic mass is 10.0. The molecule has 0 fully saturated rings. The summed E-state index contributed by atoms with van der Waals surface area (Å²) in [6.45, 7) is 4.05. The van der Waals surface area contributed by atoms with Crippen molar-refractivity contribution in [3.8, 4) is 0 Å². The second-order valence-corrected chi connectivity index (χ2v) is 5.56. The molecule has 1 rings (SSSR count). The second kappa shape index (κ2) is 8.42. The minimum absolute atomic E-state index is 0.269. The molecule has 0 spiro atoms. The summed E-state index contributed by atoms with van der Waals surface area (Å²) in [4.78, 5) is 23.5. The number of nitrogens with one attached hydrogen (secondary N) is 2. The first-order valence-electron chi connectivity index (χ1n) is 7.18. The first-order chi connectivity index (χ1) is 9.93. The number of carboxylic acid groups (broad SMARTS) is 1. The smallest absolute Gasteiger partial charge is 0.326 e. The van der Waals surface area contributed by atoms with Crippen LogP contribution < -0.4 is 10.6 Å². The molecule has 0 radical (unpaired) electrons. The lowest BCUT2D eigenvalue weighted by molar-refractivity contribution is -0.142. The quantitative estimate of drug-likeness (QED) is 0.677. The topological polar surface area (TPSA) is 78.4 Å². The molecule has 0 aliphatic carbocycles. The predicted octanol–water partition coefficient (Wildman–Crippen LogP) is 1.43. The van der Waals surface area contributed by atoms with Gasteiger partial charge in [-0.05, 0) is 24.9 Å². The zero-order valence-corrected chi connectivity index (χ0v) is 12.8. The fraction of sp³-hybridized carbons (Fsp3) is 0.500. The van der Waals surface area contributed by atoms with Crippen molar-refractivity contribution in [2.45, 2.75) is 38.8 Å². The molecule has 0 bridgehead atoms. The molecular formula is C16H24N2O3. The predicted molar refractivity (Wildman–Crippen MR) is 82.0 cm³/mol. The molecule has 0 aliphatic heterocycles. The van der Waals surface area contributed by atoms with Gasteiger partial charge in [-0.15, -0.1) is 0 Å². The molecule has 21 heavy (non-hydrogen) atoms. The van der Waals surface area contributed by atoms with Gasteiger partial charge in [-0.1, -0.05) is 44.2 Å². The van der Waals surface area contributed by atoms with E-state index in [0.717, 1.165) is 5.56 Å². The average Bonchev–Trinajstić information content (AvgIpc) is 2.44. The van der Waals surface area contributed by atoms with E-state index in [2.05, 4.69) is 10.6 Å². The van der Waals surface area contributed by atoms with Crippen molar-refractivity contribution in [3.05, 3.63) is 35.9 Å². The van der Waals surface area contributed by atoms with E-state index < -0.39 is 12.0 Å². The summed E-state index contributed by atoms with van der Waals surface area (Å²) in [5.41, 5.74) is 0.884. The monoisotopic (exact) mass is 292 g/mol. The lowest BCUT2D eigenvalue weighted by Crippen LogP contribution is -2.50. The number of benzene rings is 1. The lowest BCUT2D eigenvalue weighted by Gasteiger charge is -2.21. The Hall–Kier alpha value is -1.88. The maximum atomic E-state index is 12.2. The van der Waals surface area contributed by atoms with Crippen LogP contribution in [0.1, 0.15) is 25.8 Å². The highest BCUT2D eigenvalue weighted by atomic mass is 16.4. The fourth-order valence-electron chi connectivity index (χ4n) is 2.15. The number of likely N-dealkylation sites (N-methyl/N-ethyl adjacent to an activating group) is 1. The number of carbonyl (C=O) groups is 2. The van der Waals surface area contributed by atoms with E-state index in [1.807, 2.05) is 44.2 Å². The van der Waals surface area contributed by atoms with Crippen LogP contribution in [0.3, 0.4) is 0 Å². The van der Waals surface area contributed by atoms with Crippen molar-refractivity contribution < 1.29 is 14.7 Å². The number of hydrogen-bond acceptors (Lipinski definition) is 3. The van der Waals surface area contributed by atoms with E-state index in [0.29, 0.717) is 12.3 Å². The SMILES string of the molecule is CN[C@@H](CC(C)C)C(=O)N[C@@H](Cc1ccccc1)C(=O)O. The van der Waals surface area contributed by atoms with Crippen LogP contribution in [-0.2, 0) is 16.0 Å². The molecule has 0 unspecified atom stereocenters. The molecule has 1 aromatic carbocycles. The molecular weight excluding hydrogens is 268 g/mol. The first kappa shape index (κ1) is 17.2. The number of carbonyl (C=O) groups excluding carboxylic acids is 1. The van der Waals surface area contributed by atoms with Crippen LogP contribution >= 0.6 is 0 Å². The van der Waals surface area contributed by atoms with Gasteiger partial charge in [0.2, 0.25) is 5.91 Å². The van der Waals surface area contributed by atoms with Crippen LogP contribution in [0.5, 0.6) is 0 Å². The van der Waals surface area contributed by atoms with Gasteiger partial charge in [-0.3, -0.25) is 4.79 Å². The van der Waals surface area contributed by atoms with Crippen LogP contribution in [0.15, 0.2) is 30.3 Å². The number of rotatable bonds is 8. The van der Waals surface area contributed by atoms with E-state index in [1.165, 1.54) is 0 Å². The summed E-state index contributed by atoms with van der Waals surface area (Å²) < 4.78 is 0. The molecule has 3 N–H and O–H groups in total. The molecule has 0 aliphatic rings. The Morgan fingerprint density at radius 1 is 1.14 bits per heavy atom. The summed E-state index contributed by atoms with van der Waals surface area (Å²) in [5.74, 6) is -0.938. The molecule has 2 atom stereocenters. The van der Waals surface area contributed by atoms with E-state index in [-0.39, 0.29) is 18.4 Å². The Kier molecular flexibility index (Phi) is 6.88. The van der Waals surface area contributed by atoms with Gasteiger partial charge in [-0.2, -0.15) is 0 Å². The average molecular weight is 292 g/mol. The van der Waals surface area contributed by atoms with Crippen molar-refractivity contribution in [1.29, 1.82) is 0 Å². The highest BCUT2D eigenvalue weighted by molar-refractivity contribution is 5.87. The standard InChI is InChI=1S/C16H24N2O3/c1-11(2)9-13(17-3)15(19)18-14(16(20)21)10-12-7-5-4-6-8-12/h4-8,11,13-14,17H,9-10H2,1-3H3,(H,18,19)(H,20,21)/t13-,14-/m0/s1. The Morgan fingerprint density at radius 2 is 1.76 bits per heavy atom. The van der Waals surface area contributed by atoms with Crippen LogP contribution in [0, 0.1) is 5.92 Å². The van der Waals surface area contributed by atoms with E-state index in [9.17, 15) is 14.7 Å². The van der Waals surface area contributed by atoms with Crippen molar-refractivity contribution in [1.82, 2.24) is 10.6 Å². The molecule has 1 aromatic rings. The third-order valence-electron chi connectivity index (χ3n) is 3.27. The van der Waals surface area contributed by atoms with Gasteiger partial charge in [0.1, 0.15) is 6.04 Å². The Morgan fingerprint density at radius 3 is 2.24 bits per heavy atom. The summed E-state index contributed by atoms with van der Waals surface area (Å²) in [6.07, 6.45) is 0.944.